The predicted molar refractivity (Wildman–Crippen MR) is 92.5 cm³/mol. The lowest BCUT2D eigenvalue weighted by atomic mass is 10.1. The predicted octanol–water partition coefficient (Wildman–Crippen LogP) is 3.44. The second kappa shape index (κ2) is 8.72. The van der Waals surface area contributed by atoms with Crippen LogP contribution in [0, 0.1) is 0 Å². The van der Waals surface area contributed by atoms with Crippen LogP contribution in [0.15, 0.2) is 59.6 Å². The Morgan fingerprint density at radius 1 is 1.05 bits per heavy atom. The maximum Gasteiger partial charge on any atom is 0.193 e. The van der Waals surface area contributed by atoms with Crippen LogP contribution < -0.4 is 15.8 Å². The summed E-state index contributed by atoms with van der Waals surface area (Å²) in [6, 6.07) is 18.0. The molecule has 22 heavy (non-hydrogen) atoms. The van der Waals surface area contributed by atoms with Crippen LogP contribution in [0.4, 0.5) is 5.69 Å². The van der Waals surface area contributed by atoms with Gasteiger partial charge in [-0.1, -0.05) is 30.3 Å². The molecule has 0 saturated carbocycles. The van der Waals surface area contributed by atoms with E-state index in [-0.39, 0.29) is 0 Å². The molecule has 3 N–H and O–H groups in total. The highest BCUT2D eigenvalue weighted by Crippen LogP contribution is 2.13. The number of guanidine groups is 1. The number of nitrogens with one attached hydrogen (secondary N) is 1. The first kappa shape index (κ1) is 15.9. The SMILES string of the molecule is COc1ccc(CCCCN=C(N)Nc2ccccc2)cc1. The van der Waals surface area contributed by atoms with Gasteiger partial charge >= 0.3 is 0 Å². The fourth-order valence-electron chi connectivity index (χ4n) is 2.14. The summed E-state index contributed by atoms with van der Waals surface area (Å²) in [7, 11) is 1.68. The number of aryl methyl sites for hydroxylation is 1. The number of nitrogens with zero attached hydrogens (tertiary/aromatic N) is 1. The molecule has 0 aliphatic heterocycles. The summed E-state index contributed by atoms with van der Waals surface area (Å²) in [6.07, 6.45) is 3.16. The molecule has 2 aromatic carbocycles. The molecule has 0 heterocycles. The molecule has 0 fully saturated rings. The quantitative estimate of drug-likeness (QED) is 0.467. The van der Waals surface area contributed by atoms with Gasteiger partial charge in [-0.3, -0.25) is 4.99 Å². The fourth-order valence-corrected chi connectivity index (χ4v) is 2.14. The van der Waals surface area contributed by atoms with Gasteiger partial charge in [-0.25, -0.2) is 0 Å². The number of benzene rings is 2. The molecular formula is C18H23N3O. The van der Waals surface area contributed by atoms with E-state index in [1.165, 1.54) is 5.56 Å². The summed E-state index contributed by atoms with van der Waals surface area (Å²) >= 11 is 0. The van der Waals surface area contributed by atoms with Gasteiger partial charge in [0, 0.05) is 12.2 Å². The van der Waals surface area contributed by atoms with E-state index in [1.807, 2.05) is 42.5 Å². The minimum Gasteiger partial charge on any atom is -0.497 e. The van der Waals surface area contributed by atoms with Gasteiger partial charge in [0.1, 0.15) is 5.75 Å². The summed E-state index contributed by atoms with van der Waals surface area (Å²) in [4.78, 5) is 4.34. The molecular weight excluding hydrogens is 274 g/mol. The summed E-state index contributed by atoms with van der Waals surface area (Å²) in [5.41, 5.74) is 8.14. The van der Waals surface area contributed by atoms with Crippen molar-refractivity contribution in [2.75, 3.05) is 19.0 Å². The lowest BCUT2D eigenvalue weighted by molar-refractivity contribution is 0.414. The lowest BCUT2D eigenvalue weighted by Gasteiger charge is -2.05. The Balaban J connectivity index is 1.66. The van der Waals surface area contributed by atoms with Gasteiger partial charge in [0.15, 0.2) is 5.96 Å². The summed E-state index contributed by atoms with van der Waals surface area (Å²) in [5.74, 6) is 1.36. The third kappa shape index (κ3) is 5.48. The average molecular weight is 297 g/mol. The number of hydrogen-bond acceptors (Lipinski definition) is 2. The second-order valence-electron chi connectivity index (χ2n) is 5.06. The Morgan fingerprint density at radius 3 is 2.45 bits per heavy atom. The molecule has 0 atom stereocenters. The Kier molecular flexibility index (Phi) is 6.30. The molecule has 0 aromatic heterocycles. The van der Waals surface area contributed by atoms with Gasteiger partial charge in [-0.2, -0.15) is 0 Å². The van der Waals surface area contributed by atoms with Crippen LogP contribution >= 0.6 is 0 Å². The highest BCUT2D eigenvalue weighted by molar-refractivity contribution is 5.92. The molecule has 0 unspecified atom stereocenters. The molecule has 116 valence electrons. The van der Waals surface area contributed by atoms with Gasteiger partial charge in [0.2, 0.25) is 0 Å². The molecule has 4 nitrogen and oxygen atoms in total. The number of unbranched alkanes of at least 4 members (excludes halogenated alkanes) is 1. The second-order valence-corrected chi connectivity index (χ2v) is 5.06. The maximum absolute atomic E-state index is 5.86. The highest BCUT2D eigenvalue weighted by atomic mass is 16.5. The third-order valence-corrected chi connectivity index (χ3v) is 3.36. The molecule has 4 heteroatoms. The summed E-state index contributed by atoms with van der Waals surface area (Å²) in [6.45, 7) is 0.738. The van der Waals surface area contributed by atoms with Crippen LogP contribution in [-0.4, -0.2) is 19.6 Å². The molecule has 0 amide bonds. The van der Waals surface area contributed by atoms with Crippen molar-refractivity contribution in [2.45, 2.75) is 19.3 Å². The number of ether oxygens (including phenoxy) is 1. The fraction of sp³-hybridized carbons (Fsp3) is 0.278. The van der Waals surface area contributed by atoms with E-state index >= 15 is 0 Å². The zero-order valence-electron chi connectivity index (χ0n) is 13.0. The molecule has 0 radical (unpaired) electrons. The van der Waals surface area contributed by atoms with Crippen LogP contribution in [-0.2, 0) is 6.42 Å². The Bertz CT molecular complexity index is 579. The van der Waals surface area contributed by atoms with Crippen LogP contribution in [0.25, 0.3) is 0 Å². The Hall–Kier alpha value is -2.49. The number of nitrogens with two attached hydrogens (primary N) is 1. The molecule has 0 bridgehead atoms. The highest BCUT2D eigenvalue weighted by Gasteiger charge is 1.96. The minimum atomic E-state index is 0.468. The number of anilines is 1. The Morgan fingerprint density at radius 2 is 1.77 bits per heavy atom. The molecule has 0 aliphatic carbocycles. The smallest absolute Gasteiger partial charge is 0.193 e. The number of hydrogen-bond donors (Lipinski definition) is 2. The van der Waals surface area contributed by atoms with Crippen molar-refractivity contribution in [1.29, 1.82) is 0 Å². The zero-order chi connectivity index (χ0) is 15.6. The third-order valence-electron chi connectivity index (χ3n) is 3.36. The molecule has 0 aliphatic rings. The summed E-state index contributed by atoms with van der Waals surface area (Å²) in [5, 5.41) is 3.08. The van der Waals surface area contributed by atoms with Gasteiger partial charge in [-0.05, 0) is 49.1 Å². The maximum atomic E-state index is 5.86. The van der Waals surface area contributed by atoms with Gasteiger partial charge in [-0.15, -0.1) is 0 Å². The topological polar surface area (TPSA) is 59.6 Å². The van der Waals surface area contributed by atoms with Gasteiger partial charge < -0.3 is 15.8 Å². The van der Waals surface area contributed by atoms with E-state index in [9.17, 15) is 0 Å². The van der Waals surface area contributed by atoms with Crippen LogP contribution in [0.5, 0.6) is 5.75 Å². The van der Waals surface area contributed by atoms with Crippen molar-refractivity contribution < 1.29 is 4.74 Å². The largest absolute Gasteiger partial charge is 0.497 e. The van der Waals surface area contributed by atoms with E-state index in [0.717, 1.165) is 37.2 Å². The zero-order valence-corrected chi connectivity index (χ0v) is 13.0. The van der Waals surface area contributed by atoms with Crippen molar-refractivity contribution in [3.63, 3.8) is 0 Å². The van der Waals surface area contributed by atoms with Gasteiger partial charge in [0.05, 0.1) is 7.11 Å². The number of aliphatic imine (C=N–C) groups is 1. The first-order valence-electron chi connectivity index (χ1n) is 7.53. The average Bonchev–Trinajstić information content (AvgIpc) is 2.56. The molecule has 2 rings (SSSR count). The van der Waals surface area contributed by atoms with Crippen LogP contribution in [0.1, 0.15) is 18.4 Å². The molecule has 0 saturated heterocycles. The van der Waals surface area contributed by atoms with Crippen molar-refractivity contribution in [3.05, 3.63) is 60.2 Å². The first-order valence-corrected chi connectivity index (χ1v) is 7.53. The van der Waals surface area contributed by atoms with E-state index in [1.54, 1.807) is 7.11 Å². The van der Waals surface area contributed by atoms with Gasteiger partial charge in [0.25, 0.3) is 0 Å². The molecule has 2 aromatic rings. The lowest BCUT2D eigenvalue weighted by Crippen LogP contribution is -2.22. The first-order chi connectivity index (χ1) is 10.8. The minimum absolute atomic E-state index is 0.468. The van der Waals surface area contributed by atoms with Crippen molar-refractivity contribution in [3.8, 4) is 5.75 Å². The van der Waals surface area contributed by atoms with E-state index in [2.05, 4.69) is 22.4 Å². The summed E-state index contributed by atoms with van der Waals surface area (Å²) < 4.78 is 5.15. The number of para-hydroxylation sites is 1. The van der Waals surface area contributed by atoms with Crippen LogP contribution in [0.2, 0.25) is 0 Å². The Labute approximate surface area is 132 Å². The van der Waals surface area contributed by atoms with Crippen molar-refractivity contribution >= 4 is 11.6 Å². The van der Waals surface area contributed by atoms with Crippen molar-refractivity contribution in [2.24, 2.45) is 10.7 Å². The standard InChI is InChI=1S/C18H23N3O/c1-22-17-12-10-15(11-13-17)7-5-6-14-20-18(19)21-16-8-3-2-4-9-16/h2-4,8-13H,5-7,14H2,1H3,(H3,19,20,21). The number of rotatable bonds is 7. The number of methoxy groups -OCH3 is 1. The molecule has 0 spiro atoms. The normalized spacial score (nSPS) is 11.2. The van der Waals surface area contributed by atoms with Crippen LogP contribution in [0.3, 0.4) is 0 Å². The van der Waals surface area contributed by atoms with E-state index in [0.29, 0.717) is 5.96 Å². The van der Waals surface area contributed by atoms with E-state index < -0.39 is 0 Å². The van der Waals surface area contributed by atoms with Crippen molar-refractivity contribution in [1.82, 2.24) is 0 Å². The monoisotopic (exact) mass is 297 g/mol. The van der Waals surface area contributed by atoms with E-state index in [4.69, 9.17) is 10.5 Å².